The summed E-state index contributed by atoms with van der Waals surface area (Å²) in [6.07, 6.45) is -0.292. The van der Waals surface area contributed by atoms with E-state index in [0.29, 0.717) is 0 Å². The van der Waals surface area contributed by atoms with Crippen molar-refractivity contribution in [1.82, 2.24) is 0 Å². The van der Waals surface area contributed by atoms with Crippen LogP contribution < -0.4 is 10.5 Å². The van der Waals surface area contributed by atoms with E-state index in [0.717, 1.165) is 12.1 Å². The third-order valence-corrected chi connectivity index (χ3v) is 1.76. The van der Waals surface area contributed by atoms with Crippen molar-refractivity contribution in [2.45, 2.75) is 20.0 Å². The number of halogens is 2. The van der Waals surface area contributed by atoms with Crippen LogP contribution in [0.3, 0.4) is 0 Å². The summed E-state index contributed by atoms with van der Waals surface area (Å²) < 4.78 is 35.8. The van der Waals surface area contributed by atoms with E-state index in [-0.39, 0.29) is 17.5 Å². The van der Waals surface area contributed by atoms with Gasteiger partial charge in [0.25, 0.3) is 0 Å². The number of hydrogen-bond acceptors (Lipinski definition) is 4. The van der Waals surface area contributed by atoms with Gasteiger partial charge in [-0.05, 0) is 13.8 Å². The van der Waals surface area contributed by atoms with Gasteiger partial charge in [0.1, 0.15) is 5.82 Å². The molecule has 0 heterocycles. The number of hydrogen-bond donors (Lipinski definition) is 1. The third kappa shape index (κ3) is 3.90. The minimum Gasteiger partial charge on any atom is -0.479 e. The lowest BCUT2D eigenvalue weighted by atomic mass is 10.3. The lowest BCUT2D eigenvalue weighted by molar-refractivity contribution is -0.149. The molecular formula is C11H13F2NO3. The molecule has 4 nitrogen and oxygen atoms in total. The van der Waals surface area contributed by atoms with E-state index in [9.17, 15) is 13.6 Å². The summed E-state index contributed by atoms with van der Waals surface area (Å²) in [5.74, 6) is -2.67. The van der Waals surface area contributed by atoms with Crippen LogP contribution in [0, 0.1) is 11.6 Å². The van der Waals surface area contributed by atoms with Crippen LogP contribution in [0.15, 0.2) is 12.1 Å². The average Bonchev–Trinajstić information content (AvgIpc) is 2.20. The van der Waals surface area contributed by atoms with Gasteiger partial charge >= 0.3 is 5.97 Å². The fraction of sp³-hybridized carbons (Fsp3) is 0.364. The highest BCUT2D eigenvalue weighted by Gasteiger charge is 2.12. The second kappa shape index (κ2) is 5.47. The molecule has 0 amide bonds. The fourth-order valence-electron chi connectivity index (χ4n) is 1.09. The van der Waals surface area contributed by atoms with Crippen molar-refractivity contribution in [2.24, 2.45) is 0 Å². The van der Waals surface area contributed by atoms with Gasteiger partial charge < -0.3 is 15.2 Å². The molecule has 0 radical (unpaired) electrons. The van der Waals surface area contributed by atoms with E-state index in [2.05, 4.69) is 0 Å². The Bertz CT molecular complexity index is 421. The smallest absolute Gasteiger partial charge is 0.344 e. The second-order valence-corrected chi connectivity index (χ2v) is 3.63. The largest absolute Gasteiger partial charge is 0.479 e. The molecule has 1 rings (SSSR count). The van der Waals surface area contributed by atoms with Gasteiger partial charge in [-0.1, -0.05) is 0 Å². The molecule has 0 aliphatic rings. The van der Waals surface area contributed by atoms with Gasteiger partial charge in [-0.2, -0.15) is 0 Å². The van der Waals surface area contributed by atoms with Crippen molar-refractivity contribution >= 4 is 11.7 Å². The number of benzene rings is 1. The third-order valence-electron chi connectivity index (χ3n) is 1.76. The molecule has 0 fully saturated rings. The number of carbonyl (C=O) groups is 1. The Kier molecular flexibility index (Phi) is 4.25. The van der Waals surface area contributed by atoms with Gasteiger partial charge in [-0.25, -0.2) is 13.6 Å². The average molecular weight is 245 g/mol. The molecule has 6 heteroatoms. The summed E-state index contributed by atoms with van der Waals surface area (Å²) in [5, 5.41) is 0. The Morgan fingerprint density at radius 1 is 1.35 bits per heavy atom. The molecule has 0 saturated carbocycles. The number of anilines is 1. The Hall–Kier alpha value is -1.85. The number of esters is 1. The van der Waals surface area contributed by atoms with E-state index >= 15 is 0 Å². The Morgan fingerprint density at radius 2 is 2.00 bits per heavy atom. The first-order valence-corrected chi connectivity index (χ1v) is 4.97. The number of nitrogens with two attached hydrogens (primary N) is 1. The molecule has 0 atom stereocenters. The van der Waals surface area contributed by atoms with Crippen molar-refractivity contribution in [3.05, 3.63) is 23.8 Å². The van der Waals surface area contributed by atoms with Crippen LogP contribution in [0.1, 0.15) is 13.8 Å². The van der Waals surface area contributed by atoms with Crippen LogP contribution in [-0.4, -0.2) is 18.7 Å². The SMILES string of the molecule is CC(C)OC(=O)COc1cc(F)c(N)cc1F. The van der Waals surface area contributed by atoms with Crippen molar-refractivity contribution in [1.29, 1.82) is 0 Å². The van der Waals surface area contributed by atoms with Gasteiger partial charge in [0.2, 0.25) is 0 Å². The molecule has 0 unspecified atom stereocenters. The van der Waals surface area contributed by atoms with Crippen LogP contribution in [0.2, 0.25) is 0 Å². The Labute approximate surface area is 97.3 Å². The number of ether oxygens (including phenoxy) is 2. The Balaban J connectivity index is 2.63. The quantitative estimate of drug-likeness (QED) is 0.649. The second-order valence-electron chi connectivity index (χ2n) is 3.63. The predicted octanol–water partition coefficient (Wildman–Crippen LogP) is 1.88. The monoisotopic (exact) mass is 245 g/mol. The van der Waals surface area contributed by atoms with Crippen LogP contribution in [0.25, 0.3) is 0 Å². The van der Waals surface area contributed by atoms with Gasteiger partial charge in [-0.15, -0.1) is 0 Å². The highest BCUT2D eigenvalue weighted by Crippen LogP contribution is 2.22. The van der Waals surface area contributed by atoms with Gasteiger partial charge in [0.15, 0.2) is 18.2 Å². The first-order valence-electron chi connectivity index (χ1n) is 4.97. The normalized spacial score (nSPS) is 10.4. The number of rotatable bonds is 4. The fourth-order valence-corrected chi connectivity index (χ4v) is 1.09. The van der Waals surface area contributed by atoms with Gasteiger partial charge in [0, 0.05) is 12.1 Å². The molecule has 0 spiro atoms. The van der Waals surface area contributed by atoms with E-state index in [1.54, 1.807) is 13.8 Å². The minimum absolute atomic E-state index is 0.292. The zero-order chi connectivity index (χ0) is 13.0. The molecule has 0 aromatic heterocycles. The van der Waals surface area contributed by atoms with Crippen LogP contribution >= 0.6 is 0 Å². The summed E-state index contributed by atoms with van der Waals surface area (Å²) in [6.45, 7) is 2.85. The molecule has 1 aromatic rings. The molecule has 0 aliphatic heterocycles. The highest BCUT2D eigenvalue weighted by molar-refractivity contribution is 5.71. The predicted molar refractivity (Wildman–Crippen MR) is 57.5 cm³/mol. The topological polar surface area (TPSA) is 61.5 Å². The summed E-state index contributed by atoms with van der Waals surface area (Å²) in [5.41, 5.74) is 4.83. The molecule has 94 valence electrons. The first-order chi connectivity index (χ1) is 7.90. The molecule has 1 aromatic carbocycles. The first kappa shape index (κ1) is 13.2. The van der Waals surface area contributed by atoms with E-state index < -0.39 is 24.2 Å². The zero-order valence-electron chi connectivity index (χ0n) is 9.50. The number of carbonyl (C=O) groups excluding carboxylic acids is 1. The van der Waals surface area contributed by atoms with Crippen molar-refractivity contribution in [3.8, 4) is 5.75 Å². The molecule has 0 saturated heterocycles. The van der Waals surface area contributed by atoms with Crippen molar-refractivity contribution < 1.29 is 23.0 Å². The summed E-state index contributed by atoms with van der Waals surface area (Å²) in [6, 6.07) is 1.58. The van der Waals surface area contributed by atoms with Gasteiger partial charge in [-0.3, -0.25) is 0 Å². The van der Waals surface area contributed by atoms with Crippen molar-refractivity contribution in [3.63, 3.8) is 0 Å². The lowest BCUT2D eigenvalue weighted by Crippen LogP contribution is -2.19. The van der Waals surface area contributed by atoms with E-state index in [1.165, 1.54) is 0 Å². The Morgan fingerprint density at radius 3 is 2.59 bits per heavy atom. The minimum atomic E-state index is -0.832. The maximum atomic E-state index is 13.2. The van der Waals surface area contributed by atoms with E-state index in [4.69, 9.17) is 15.2 Å². The maximum Gasteiger partial charge on any atom is 0.344 e. The van der Waals surface area contributed by atoms with E-state index in [1.807, 2.05) is 0 Å². The molecule has 2 N–H and O–H groups in total. The standard InChI is InChI=1S/C11H13F2NO3/c1-6(2)17-11(15)5-16-10-4-7(12)9(14)3-8(10)13/h3-4,6H,5,14H2,1-2H3. The molecule has 0 aliphatic carbocycles. The maximum absolute atomic E-state index is 13.2. The van der Waals surface area contributed by atoms with Gasteiger partial charge in [0.05, 0.1) is 11.8 Å². The lowest BCUT2D eigenvalue weighted by Gasteiger charge is -2.10. The summed E-state index contributed by atoms with van der Waals surface area (Å²) in [4.78, 5) is 11.1. The number of nitrogen functional groups attached to an aromatic ring is 1. The molecule has 17 heavy (non-hydrogen) atoms. The van der Waals surface area contributed by atoms with Crippen molar-refractivity contribution in [2.75, 3.05) is 12.3 Å². The summed E-state index contributed by atoms with van der Waals surface area (Å²) in [7, 11) is 0. The highest BCUT2D eigenvalue weighted by atomic mass is 19.1. The molecular weight excluding hydrogens is 232 g/mol. The van der Waals surface area contributed by atoms with Crippen LogP contribution in [0.4, 0.5) is 14.5 Å². The molecule has 0 bridgehead atoms. The zero-order valence-corrected chi connectivity index (χ0v) is 9.50. The van der Waals surface area contributed by atoms with Crippen LogP contribution in [-0.2, 0) is 9.53 Å². The summed E-state index contributed by atoms with van der Waals surface area (Å²) >= 11 is 0. The van der Waals surface area contributed by atoms with Crippen LogP contribution in [0.5, 0.6) is 5.75 Å².